The quantitative estimate of drug-likeness (QED) is 0.344. The number of nitrogens with one attached hydrogen (secondary N) is 3. The molecule has 9 nitrogen and oxygen atoms in total. The first-order chi connectivity index (χ1) is 12.6. The minimum Gasteiger partial charge on any atom is -0.460 e. The zero-order chi connectivity index (χ0) is 22.1. The van der Waals surface area contributed by atoms with Gasteiger partial charge in [-0.3, -0.25) is 14.4 Å². The summed E-state index contributed by atoms with van der Waals surface area (Å²) in [7, 11) is 0. The minimum atomic E-state index is -0.956. The molecule has 0 saturated heterocycles. The molecular weight excluding hydrogens is 386 g/mol. The van der Waals surface area contributed by atoms with Crippen molar-refractivity contribution in [3.63, 3.8) is 0 Å². The molecule has 0 radical (unpaired) electrons. The second-order valence-electron chi connectivity index (χ2n) is 8.33. The Kier molecular flexibility index (Phi) is 10.4. The molecule has 28 heavy (non-hydrogen) atoms. The predicted molar refractivity (Wildman–Crippen MR) is 108 cm³/mol. The summed E-state index contributed by atoms with van der Waals surface area (Å²) >= 11 is 4.04. The molecule has 0 spiro atoms. The molecule has 0 aromatic carbocycles. The third kappa shape index (κ3) is 12.4. The van der Waals surface area contributed by atoms with E-state index in [-0.39, 0.29) is 18.8 Å². The van der Waals surface area contributed by atoms with Crippen LogP contribution in [0, 0.1) is 5.92 Å². The van der Waals surface area contributed by atoms with Crippen molar-refractivity contribution in [2.45, 2.75) is 65.7 Å². The van der Waals surface area contributed by atoms with Crippen LogP contribution in [0.25, 0.3) is 0 Å². The van der Waals surface area contributed by atoms with Crippen molar-refractivity contribution in [1.82, 2.24) is 16.0 Å². The Morgan fingerprint density at radius 2 is 1.46 bits per heavy atom. The summed E-state index contributed by atoms with van der Waals surface area (Å²) < 4.78 is 10.3. The number of esters is 2. The van der Waals surface area contributed by atoms with Gasteiger partial charge in [0.1, 0.15) is 23.8 Å². The Labute approximate surface area is 172 Å². The van der Waals surface area contributed by atoms with E-state index >= 15 is 0 Å². The summed E-state index contributed by atoms with van der Waals surface area (Å²) in [6.45, 7) is 11.8. The number of ether oxygens (including phenoxy) is 2. The first kappa shape index (κ1) is 26.0. The molecule has 0 aliphatic carbocycles. The molecule has 0 heterocycles. The van der Waals surface area contributed by atoms with Crippen LogP contribution in [0.1, 0.15) is 48.5 Å². The summed E-state index contributed by atoms with van der Waals surface area (Å²) in [6, 6.07) is -1.59. The zero-order valence-corrected chi connectivity index (χ0v) is 18.6. The van der Waals surface area contributed by atoms with Crippen LogP contribution >= 0.6 is 12.6 Å². The maximum Gasteiger partial charge on any atom is 0.325 e. The van der Waals surface area contributed by atoms with Crippen LogP contribution in [0.15, 0.2) is 0 Å². The second-order valence-corrected chi connectivity index (χ2v) is 8.69. The molecule has 0 saturated carbocycles. The molecule has 0 aromatic heterocycles. The van der Waals surface area contributed by atoms with Gasteiger partial charge in [-0.15, -0.1) is 0 Å². The van der Waals surface area contributed by atoms with E-state index in [9.17, 15) is 19.2 Å². The first-order valence-electron chi connectivity index (χ1n) is 9.02. The zero-order valence-electron chi connectivity index (χ0n) is 17.7. The van der Waals surface area contributed by atoms with E-state index in [2.05, 4.69) is 28.6 Å². The van der Waals surface area contributed by atoms with Gasteiger partial charge in [-0.05, 0) is 41.5 Å². The highest BCUT2D eigenvalue weighted by Gasteiger charge is 2.24. The lowest BCUT2D eigenvalue weighted by molar-refractivity contribution is -0.159. The summed E-state index contributed by atoms with van der Waals surface area (Å²) in [5.74, 6) is -2.13. The molecule has 2 atom stereocenters. The van der Waals surface area contributed by atoms with Crippen LogP contribution in [-0.4, -0.2) is 60.0 Å². The summed E-state index contributed by atoms with van der Waals surface area (Å²) in [4.78, 5) is 47.6. The summed E-state index contributed by atoms with van der Waals surface area (Å²) in [6.07, 6.45) is 0. The van der Waals surface area contributed by atoms with Gasteiger partial charge in [0, 0.05) is 12.3 Å². The Bertz CT molecular complexity index is 569. The molecule has 162 valence electrons. The van der Waals surface area contributed by atoms with E-state index in [1.54, 1.807) is 48.5 Å². The van der Waals surface area contributed by atoms with E-state index in [0.29, 0.717) is 0 Å². The summed E-state index contributed by atoms with van der Waals surface area (Å²) in [5, 5.41) is 7.34. The van der Waals surface area contributed by atoms with Crippen LogP contribution in [-0.2, 0) is 23.9 Å². The van der Waals surface area contributed by atoms with E-state index in [1.807, 2.05) is 0 Å². The smallest absolute Gasteiger partial charge is 0.325 e. The number of amides is 3. The Hall–Kier alpha value is -1.97. The van der Waals surface area contributed by atoms with E-state index in [1.165, 1.54) is 0 Å². The lowest BCUT2D eigenvalue weighted by Gasteiger charge is -2.23. The normalized spacial score (nSPS) is 13.7. The van der Waals surface area contributed by atoms with Crippen LogP contribution in [0.4, 0.5) is 4.79 Å². The third-order valence-electron chi connectivity index (χ3n) is 3.01. The van der Waals surface area contributed by atoms with Gasteiger partial charge < -0.3 is 25.4 Å². The first-order valence-corrected chi connectivity index (χ1v) is 9.65. The lowest BCUT2D eigenvalue weighted by atomic mass is 10.1. The highest BCUT2D eigenvalue weighted by Crippen LogP contribution is 2.10. The molecule has 0 aliphatic rings. The van der Waals surface area contributed by atoms with Gasteiger partial charge in [0.25, 0.3) is 0 Å². The standard InChI is InChI=1S/C18H33N3O6S/c1-11(15(24)27-18(5,6)7)8-20-16(25)21-12(10-28)14(23)19-9-13(22)26-17(2,3)4/h11-12,28H,8-10H2,1-7H3,(H,19,23)(H2,20,21,25)/t11-,12-/m0/s1. The van der Waals surface area contributed by atoms with Gasteiger partial charge in [-0.1, -0.05) is 6.92 Å². The van der Waals surface area contributed by atoms with Crippen LogP contribution in [0.3, 0.4) is 0 Å². The fraction of sp³-hybridized carbons (Fsp3) is 0.778. The minimum absolute atomic E-state index is 0.0230. The van der Waals surface area contributed by atoms with E-state index < -0.39 is 47.0 Å². The highest BCUT2D eigenvalue weighted by molar-refractivity contribution is 7.80. The highest BCUT2D eigenvalue weighted by atomic mass is 32.1. The topological polar surface area (TPSA) is 123 Å². The SMILES string of the molecule is C[C@@H](CNC(=O)N[C@@H](CS)C(=O)NCC(=O)OC(C)(C)C)C(=O)OC(C)(C)C. The van der Waals surface area contributed by atoms with Crippen LogP contribution < -0.4 is 16.0 Å². The largest absolute Gasteiger partial charge is 0.460 e. The van der Waals surface area contributed by atoms with Gasteiger partial charge >= 0.3 is 18.0 Å². The lowest BCUT2D eigenvalue weighted by Crippen LogP contribution is -2.52. The van der Waals surface area contributed by atoms with Gasteiger partial charge in [0.2, 0.25) is 5.91 Å². The molecule has 0 rings (SSSR count). The van der Waals surface area contributed by atoms with Crippen LogP contribution in [0.5, 0.6) is 0 Å². The fourth-order valence-corrected chi connectivity index (χ4v) is 2.05. The molecule has 0 aliphatic heterocycles. The average Bonchev–Trinajstić information content (AvgIpc) is 2.52. The van der Waals surface area contributed by atoms with Crippen molar-refractivity contribution in [2.24, 2.45) is 5.92 Å². The Morgan fingerprint density at radius 1 is 0.929 bits per heavy atom. The number of hydrogen-bond acceptors (Lipinski definition) is 7. The number of hydrogen-bond donors (Lipinski definition) is 4. The Balaban J connectivity index is 4.42. The van der Waals surface area contributed by atoms with Crippen molar-refractivity contribution in [3.8, 4) is 0 Å². The van der Waals surface area contributed by atoms with Gasteiger partial charge in [0.05, 0.1) is 5.92 Å². The summed E-state index contributed by atoms with van der Waals surface area (Å²) in [5.41, 5.74) is -1.27. The van der Waals surface area contributed by atoms with Gasteiger partial charge in [-0.25, -0.2) is 4.79 Å². The second kappa shape index (κ2) is 11.1. The van der Waals surface area contributed by atoms with Gasteiger partial charge in [-0.2, -0.15) is 12.6 Å². The molecular formula is C18H33N3O6S. The molecule has 0 bridgehead atoms. The van der Waals surface area contributed by atoms with Crippen molar-refractivity contribution in [2.75, 3.05) is 18.8 Å². The number of carbonyl (C=O) groups is 4. The maximum absolute atomic E-state index is 12.1. The van der Waals surface area contributed by atoms with Crippen molar-refractivity contribution in [1.29, 1.82) is 0 Å². The number of rotatable bonds is 8. The maximum atomic E-state index is 12.1. The number of thiol groups is 1. The molecule has 0 fully saturated rings. The monoisotopic (exact) mass is 419 g/mol. The molecule has 0 unspecified atom stereocenters. The van der Waals surface area contributed by atoms with Gasteiger partial charge in [0.15, 0.2) is 0 Å². The van der Waals surface area contributed by atoms with Crippen molar-refractivity contribution in [3.05, 3.63) is 0 Å². The van der Waals surface area contributed by atoms with E-state index in [4.69, 9.17) is 9.47 Å². The average molecular weight is 420 g/mol. The van der Waals surface area contributed by atoms with Crippen LogP contribution in [0.2, 0.25) is 0 Å². The number of urea groups is 1. The molecule has 3 N–H and O–H groups in total. The fourth-order valence-electron chi connectivity index (χ4n) is 1.79. The van der Waals surface area contributed by atoms with Crippen molar-refractivity contribution >= 4 is 36.5 Å². The molecule has 10 heteroatoms. The predicted octanol–water partition coefficient (Wildman–Crippen LogP) is 1.02. The number of carbonyl (C=O) groups excluding carboxylic acids is 4. The third-order valence-corrected chi connectivity index (χ3v) is 3.37. The molecule has 3 amide bonds. The van der Waals surface area contributed by atoms with E-state index in [0.717, 1.165) is 0 Å². The Morgan fingerprint density at radius 3 is 1.93 bits per heavy atom. The molecule has 0 aromatic rings. The van der Waals surface area contributed by atoms with Crippen molar-refractivity contribution < 1.29 is 28.7 Å².